The molecule has 3 aromatic heterocycles. The lowest BCUT2D eigenvalue weighted by Crippen LogP contribution is -2.46. The van der Waals surface area contributed by atoms with Crippen molar-refractivity contribution in [3.8, 4) is 34.0 Å². The van der Waals surface area contributed by atoms with Gasteiger partial charge in [-0.05, 0) is 44.5 Å². The number of hydrogen-bond donors (Lipinski definition) is 2. The lowest BCUT2D eigenvalue weighted by atomic mass is 9.76. The predicted molar refractivity (Wildman–Crippen MR) is 141 cm³/mol. The minimum atomic E-state index is -0.849. The summed E-state index contributed by atoms with van der Waals surface area (Å²) in [7, 11) is 1.92. The first-order valence-electron chi connectivity index (χ1n) is 11.9. The maximum Gasteiger partial charge on any atom is 0.229 e. The molecule has 1 aromatic carbocycles. The summed E-state index contributed by atoms with van der Waals surface area (Å²) in [4.78, 5) is 26.3. The molecular formula is C27H34N6O3. The number of hydrogen-bond acceptors (Lipinski definition) is 8. The van der Waals surface area contributed by atoms with Crippen LogP contribution in [-0.4, -0.2) is 46.3 Å². The van der Waals surface area contributed by atoms with E-state index in [1.807, 2.05) is 44.3 Å². The van der Waals surface area contributed by atoms with Gasteiger partial charge in [-0.3, -0.25) is 14.8 Å². The van der Waals surface area contributed by atoms with Gasteiger partial charge in [0.05, 0.1) is 28.7 Å². The van der Waals surface area contributed by atoms with Crippen LogP contribution in [0.2, 0.25) is 0 Å². The van der Waals surface area contributed by atoms with E-state index in [4.69, 9.17) is 20.0 Å². The van der Waals surface area contributed by atoms with Gasteiger partial charge in [-0.15, -0.1) is 0 Å². The Morgan fingerprint density at radius 2 is 1.86 bits per heavy atom. The van der Waals surface area contributed by atoms with Gasteiger partial charge >= 0.3 is 0 Å². The van der Waals surface area contributed by atoms with Crippen LogP contribution in [0.4, 0.5) is 0 Å². The molecule has 1 aliphatic rings. The number of nitrogens with zero attached hydrogens (tertiary/aromatic N) is 4. The van der Waals surface area contributed by atoms with Gasteiger partial charge in [0.15, 0.2) is 5.76 Å². The third kappa shape index (κ3) is 4.50. The van der Waals surface area contributed by atoms with Crippen molar-refractivity contribution in [2.75, 3.05) is 20.3 Å². The number of ether oxygens (including phenoxy) is 1. The highest BCUT2D eigenvalue weighted by atomic mass is 16.5. The van der Waals surface area contributed by atoms with E-state index < -0.39 is 5.41 Å². The fourth-order valence-electron chi connectivity index (χ4n) is 4.54. The molecule has 0 saturated carbocycles. The third-order valence-corrected chi connectivity index (χ3v) is 6.69. The highest BCUT2D eigenvalue weighted by Crippen LogP contribution is 2.35. The van der Waals surface area contributed by atoms with Crippen LogP contribution in [0.5, 0.6) is 0 Å². The van der Waals surface area contributed by atoms with Crippen LogP contribution in [0.1, 0.15) is 34.1 Å². The summed E-state index contributed by atoms with van der Waals surface area (Å²) in [6, 6.07) is 13.8. The standard InChI is InChI=1S/C27H28N6O3.3H2/c1-17-25(23-14-21(33-36-23)19-5-3-18(4-6-19)15-29-2)32-22(16-31-17)20-7-10-30-24(13-20)27(26(28)34)8-11-35-12-9-27;;;/h3-7,10,13-14,16,29H,8-9,11-12,15H2,1-2H3,(H2,28,34);3*1H. The Hall–Kier alpha value is -3.95. The van der Waals surface area contributed by atoms with Crippen molar-refractivity contribution in [2.24, 2.45) is 5.73 Å². The summed E-state index contributed by atoms with van der Waals surface area (Å²) in [5, 5.41) is 7.40. The minimum absolute atomic E-state index is 0. The Kier molecular flexibility index (Phi) is 6.58. The molecule has 1 amide bonds. The maximum absolute atomic E-state index is 12.5. The van der Waals surface area contributed by atoms with Crippen molar-refractivity contribution in [3.05, 3.63) is 71.8 Å². The summed E-state index contributed by atoms with van der Waals surface area (Å²) < 4.78 is 11.1. The van der Waals surface area contributed by atoms with Gasteiger partial charge in [0.1, 0.15) is 11.4 Å². The fourth-order valence-corrected chi connectivity index (χ4v) is 4.54. The lowest BCUT2D eigenvalue weighted by Gasteiger charge is -2.33. The average molecular weight is 491 g/mol. The van der Waals surface area contributed by atoms with Crippen LogP contribution in [0.15, 0.2) is 59.4 Å². The first-order valence-corrected chi connectivity index (χ1v) is 11.9. The molecule has 1 fully saturated rings. The number of benzene rings is 1. The zero-order chi connectivity index (χ0) is 25.1. The Balaban J connectivity index is 0.00000178. The quantitative estimate of drug-likeness (QED) is 0.395. The van der Waals surface area contributed by atoms with E-state index in [9.17, 15) is 4.79 Å². The molecule has 36 heavy (non-hydrogen) atoms. The molecule has 9 heteroatoms. The van der Waals surface area contributed by atoms with E-state index in [1.165, 1.54) is 5.56 Å². The molecule has 1 aliphatic heterocycles. The van der Waals surface area contributed by atoms with Gasteiger partial charge in [0, 0.05) is 47.4 Å². The Labute approximate surface area is 213 Å². The Morgan fingerprint density at radius 1 is 1.08 bits per heavy atom. The average Bonchev–Trinajstić information content (AvgIpc) is 3.40. The number of amides is 1. The molecular weight excluding hydrogens is 456 g/mol. The van der Waals surface area contributed by atoms with Gasteiger partial charge in [-0.25, -0.2) is 4.98 Å². The number of aromatic nitrogens is 4. The number of carbonyl (C=O) groups excluding carboxylic acids is 1. The van der Waals surface area contributed by atoms with Crippen molar-refractivity contribution in [1.29, 1.82) is 0 Å². The normalized spacial score (nSPS) is 15.1. The molecule has 9 nitrogen and oxygen atoms in total. The summed E-state index contributed by atoms with van der Waals surface area (Å²) in [5.41, 5.74) is 11.2. The highest BCUT2D eigenvalue weighted by molar-refractivity contribution is 5.86. The van der Waals surface area contributed by atoms with Gasteiger partial charge in [-0.2, -0.15) is 0 Å². The van der Waals surface area contributed by atoms with Crippen molar-refractivity contribution in [2.45, 2.75) is 31.7 Å². The molecule has 4 aromatic rings. The number of primary amides is 1. The van der Waals surface area contributed by atoms with E-state index in [0.29, 0.717) is 48.9 Å². The van der Waals surface area contributed by atoms with Crippen LogP contribution in [0, 0.1) is 6.92 Å². The monoisotopic (exact) mass is 490 g/mol. The minimum Gasteiger partial charge on any atom is -0.381 e. The molecule has 190 valence electrons. The zero-order valence-electron chi connectivity index (χ0n) is 20.3. The van der Waals surface area contributed by atoms with Crippen LogP contribution >= 0.6 is 0 Å². The van der Waals surface area contributed by atoms with E-state index in [2.05, 4.69) is 32.6 Å². The summed E-state index contributed by atoms with van der Waals surface area (Å²) in [5.74, 6) is 0.141. The number of nitrogens with one attached hydrogen (secondary N) is 1. The molecule has 0 bridgehead atoms. The first-order chi connectivity index (χ1) is 17.5. The molecule has 4 heterocycles. The van der Waals surface area contributed by atoms with Gasteiger partial charge in [-0.1, -0.05) is 29.4 Å². The molecule has 0 spiro atoms. The number of nitrogens with two attached hydrogens (primary N) is 1. The second-order valence-corrected chi connectivity index (χ2v) is 8.98. The second-order valence-electron chi connectivity index (χ2n) is 8.98. The van der Waals surface area contributed by atoms with Gasteiger partial charge in [0.2, 0.25) is 5.91 Å². The van der Waals surface area contributed by atoms with Crippen molar-refractivity contribution >= 4 is 5.91 Å². The van der Waals surface area contributed by atoms with Crippen LogP contribution < -0.4 is 11.1 Å². The predicted octanol–water partition coefficient (Wildman–Crippen LogP) is 4.16. The molecule has 5 rings (SSSR count). The molecule has 1 saturated heterocycles. The molecule has 3 N–H and O–H groups in total. The first kappa shape index (κ1) is 23.8. The summed E-state index contributed by atoms with van der Waals surface area (Å²) in [6.45, 7) is 3.62. The Bertz CT molecular complexity index is 1390. The number of carbonyl (C=O) groups is 1. The number of pyridine rings is 1. The van der Waals surface area contributed by atoms with E-state index >= 15 is 0 Å². The van der Waals surface area contributed by atoms with Crippen molar-refractivity contribution in [3.63, 3.8) is 0 Å². The van der Waals surface area contributed by atoms with Gasteiger partial charge < -0.3 is 20.3 Å². The maximum atomic E-state index is 12.5. The van der Waals surface area contributed by atoms with E-state index in [-0.39, 0.29) is 10.2 Å². The van der Waals surface area contributed by atoms with Crippen LogP contribution in [0.25, 0.3) is 34.0 Å². The van der Waals surface area contributed by atoms with E-state index in [0.717, 1.165) is 29.1 Å². The Morgan fingerprint density at radius 3 is 2.58 bits per heavy atom. The topological polar surface area (TPSA) is 129 Å². The zero-order valence-corrected chi connectivity index (χ0v) is 20.3. The molecule has 0 atom stereocenters. The second kappa shape index (κ2) is 9.96. The third-order valence-electron chi connectivity index (χ3n) is 6.69. The van der Waals surface area contributed by atoms with E-state index in [1.54, 1.807) is 12.4 Å². The summed E-state index contributed by atoms with van der Waals surface area (Å²) in [6.07, 6.45) is 4.38. The lowest BCUT2D eigenvalue weighted by molar-refractivity contribution is -0.127. The van der Waals surface area contributed by atoms with Crippen LogP contribution in [-0.2, 0) is 21.5 Å². The largest absolute Gasteiger partial charge is 0.381 e. The smallest absolute Gasteiger partial charge is 0.229 e. The molecule has 0 unspecified atom stereocenters. The van der Waals surface area contributed by atoms with Gasteiger partial charge in [0.25, 0.3) is 0 Å². The fraction of sp³-hybridized carbons (Fsp3) is 0.296. The molecule has 0 radical (unpaired) electrons. The van der Waals surface area contributed by atoms with Crippen LogP contribution in [0.3, 0.4) is 0 Å². The van der Waals surface area contributed by atoms with Crippen molar-refractivity contribution < 1.29 is 18.3 Å². The highest BCUT2D eigenvalue weighted by Gasteiger charge is 2.41. The van der Waals surface area contributed by atoms with Crippen molar-refractivity contribution in [1.82, 2.24) is 25.4 Å². The molecule has 0 aliphatic carbocycles. The summed E-state index contributed by atoms with van der Waals surface area (Å²) >= 11 is 0. The number of aryl methyl sites for hydroxylation is 1. The number of rotatable bonds is 7. The SMILES string of the molecule is CNCc1ccc(-c2cc(-c3nc(-c4ccnc(C5(C(N)=O)CCOCC5)c4)cnc3C)on2)cc1.[HH].[HH].[HH].